The van der Waals surface area contributed by atoms with Crippen molar-refractivity contribution in [2.24, 2.45) is 0 Å². The number of carbonyl (C=O) groups is 1. The summed E-state index contributed by atoms with van der Waals surface area (Å²) in [5.41, 5.74) is 0.165. The molecule has 0 aliphatic carbocycles. The molecule has 2 aromatic carbocycles. The molecule has 2 aromatic heterocycles. The zero-order valence-corrected chi connectivity index (χ0v) is 18.4. The molecule has 2 amide bonds. The van der Waals surface area contributed by atoms with Crippen LogP contribution in [0.4, 0.5) is 29.3 Å². The number of amides is 2. The molecule has 2 N–H and O–H groups in total. The monoisotopic (exact) mass is 480 g/mol. The number of ether oxygens (including phenoxy) is 1. The maximum absolute atomic E-state index is 12.8. The largest absolute Gasteiger partial charge is 0.438 e. The van der Waals surface area contributed by atoms with Crippen LogP contribution in [0.3, 0.4) is 0 Å². The van der Waals surface area contributed by atoms with Gasteiger partial charge in [0.15, 0.2) is 5.82 Å². The molecule has 0 fully saturated rings. The normalized spacial score (nSPS) is 11.1. The lowest BCUT2D eigenvalue weighted by molar-refractivity contribution is -0.137. The number of alkyl halides is 3. The highest BCUT2D eigenvalue weighted by molar-refractivity contribution is 5.99. The first-order valence-corrected chi connectivity index (χ1v) is 10.5. The number of aryl methyl sites for hydroxylation is 1. The van der Waals surface area contributed by atoms with Crippen molar-refractivity contribution in [3.63, 3.8) is 0 Å². The summed E-state index contributed by atoms with van der Waals surface area (Å²) in [7, 11) is 0. The standard InChI is InChI=1S/C24H19F3N6O2/c1-2-20-29-14-30-21(33-20)19-7-4-12-28-22(19)35-18-10-8-16(9-11-18)31-23(34)32-17-6-3-5-15(13-17)24(25,26)27/h3-14H,2H2,1H3,(H2,31,32,34). The topological polar surface area (TPSA) is 102 Å². The average Bonchev–Trinajstić information content (AvgIpc) is 2.85. The van der Waals surface area contributed by atoms with Gasteiger partial charge in [0.25, 0.3) is 0 Å². The second-order valence-electron chi connectivity index (χ2n) is 7.22. The van der Waals surface area contributed by atoms with Gasteiger partial charge in [-0.25, -0.2) is 24.7 Å². The van der Waals surface area contributed by atoms with Crippen molar-refractivity contribution in [2.75, 3.05) is 10.6 Å². The highest BCUT2D eigenvalue weighted by Crippen LogP contribution is 2.31. The third-order valence-corrected chi connectivity index (χ3v) is 4.72. The highest BCUT2D eigenvalue weighted by atomic mass is 19.4. The number of benzene rings is 2. The third-order valence-electron chi connectivity index (χ3n) is 4.72. The number of hydrogen-bond acceptors (Lipinski definition) is 6. The van der Waals surface area contributed by atoms with E-state index >= 15 is 0 Å². The zero-order chi connectivity index (χ0) is 24.8. The fourth-order valence-corrected chi connectivity index (χ4v) is 3.06. The molecule has 0 bridgehead atoms. The number of carbonyl (C=O) groups excluding carboxylic acids is 1. The molecular formula is C24H19F3N6O2. The van der Waals surface area contributed by atoms with E-state index in [1.165, 1.54) is 18.5 Å². The highest BCUT2D eigenvalue weighted by Gasteiger charge is 2.30. The van der Waals surface area contributed by atoms with Crippen LogP contribution in [0.5, 0.6) is 11.6 Å². The van der Waals surface area contributed by atoms with Crippen LogP contribution in [-0.2, 0) is 12.6 Å². The molecule has 0 unspecified atom stereocenters. The van der Waals surface area contributed by atoms with E-state index in [-0.39, 0.29) is 5.69 Å². The lowest BCUT2D eigenvalue weighted by Crippen LogP contribution is -2.19. The first kappa shape index (κ1) is 23.6. The molecule has 0 saturated heterocycles. The minimum absolute atomic E-state index is 0.0181. The summed E-state index contributed by atoms with van der Waals surface area (Å²) in [4.78, 5) is 29.2. The molecule has 0 atom stereocenters. The van der Waals surface area contributed by atoms with E-state index in [9.17, 15) is 18.0 Å². The van der Waals surface area contributed by atoms with Crippen LogP contribution in [0.25, 0.3) is 11.4 Å². The van der Waals surface area contributed by atoms with Crippen LogP contribution in [-0.4, -0.2) is 26.0 Å². The number of hydrogen-bond donors (Lipinski definition) is 2. The Morgan fingerprint density at radius 2 is 1.71 bits per heavy atom. The lowest BCUT2D eigenvalue weighted by Gasteiger charge is -2.12. The van der Waals surface area contributed by atoms with Crippen LogP contribution >= 0.6 is 0 Å². The van der Waals surface area contributed by atoms with E-state index in [0.29, 0.717) is 40.9 Å². The van der Waals surface area contributed by atoms with E-state index in [0.717, 1.165) is 12.1 Å². The molecule has 2 heterocycles. The summed E-state index contributed by atoms with van der Waals surface area (Å²) in [6.07, 6.45) is -0.835. The van der Waals surface area contributed by atoms with Gasteiger partial charge in [0.1, 0.15) is 17.9 Å². The minimum Gasteiger partial charge on any atom is -0.438 e. The van der Waals surface area contributed by atoms with Crippen molar-refractivity contribution >= 4 is 17.4 Å². The van der Waals surface area contributed by atoms with Crippen LogP contribution in [0.1, 0.15) is 18.3 Å². The Morgan fingerprint density at radius 3 is 2.46 bits per heavy atom. The van der Waals surface area contributed by atoms with Gasteiger partial charge < -0.3 is 15.4 Å². The molecule has 4 aromatic rings. The second kappa shape index (κ2) is 10.2. The number of halogens is 3. The molecule has 8 nitrogen and oxygen atoms in total. The van der Waals surface area contributed by atoms with Gasteiger partial charge in [-0.05, 0) is 54.6 Å². The number of pyridine rings is 1. The number of rotatable bonds is 6. The summed E-state index contributed by atoms with van der Waals surface area (Å²) in [6, 6.07) is 13.6. The van der Waals surface area contributed by atoms with Gasteiger partial charge in [0.05, 0.1) is 11.1 Å². The SMILES string of the molecule is CCc1ncnc(-c2cccnc2Oc2ccc(NC(=O)Nc3cccc(C(F)(F)F)c3)cc2)n1. The van der Waals surface area contributed by atoms with Crippen molar-refractivity contribution < 1.29 is 22.7 Å². The predicted octanol–water partition coefficient (Wildman–Crippen LogP) is 5.95. The van der Waals surface area contributed by atoms with Gasteiger partial charge in [-0.2, -0.15) is 13.2 Å². The van der Waals surface area contributed by atoms with E-state index in [4.69, 9.17) is 4.74 Å². The van der Waals surface area contributed by atoms with Gasteiger partial charge in [-0.3, -0.25) is 0 Å². The predicted molar refractivity (Wildman–Crippen MR) is 123 cm³/mol. The summed E-state index contributed by atoms with van der Waals surface area (Å²) >= 11 is 0. The van der Waals surface area contributed by atoms with Crippen molar-refractivity contribution in [1.82, 2.24) is 19.9 Å². The molecular weight excluding hydrogens is 461 g/mol. The Bertz CT molecular complexity index is 1330. The number of urea groups is 1. The van der Waals surface area contributed by atoms with Gasteiger partial charge in [-0.15, -0.1) is 0 Å². The van der Waals surface area contributed by atoms with Gasteiger partial charge >= 0.3 is 12.2 Å². The van der Waals surface area contributed by atoms with Crippen LogP contribution in [0.2, 0.25) is 0 Å². The smallest absolute Gasteiger partial charge is 0.416 e. The average molecular weight is 480 g/mol. The molecule has 11 heteroatoms. The van der Waals surface area contributed by atoms with Gasteiger partial charge in [0.2, 0.25) is 5.88 Å². The molecule has 0 spiro atoms. The minimum atomic E-state index is -4.50. The molecule has 0 aliphatic rings. The second-order valence-corrected chi connectivity index (χ2v) is 7.22. The maximum Gasteiger partial charge on any atom is 0.416 e. The Morgan fingerprint density at radius 1 is 0.943 bits per heavy atom. The van der Waals surface area contributed by atoms with Crippen molar-refractivity contribution in [3.05, 3.63) is 84.6 Å². The Kier molecular flexibility index (Phi) is 6.86. The molecule has 0 radical (unpaired) electrons. The molecule has 4 rings (SSSR count). The summed E-state index contributed by atoms with van der Waals surface area (Å²) in [5, 5.41) is 4.94. The third kappa shape index (κ3) is 6.08. The van der Waals surface area contributed by atoms with E-state index < -0.39 is 17.8 Å². The molecule has 0 aliphatic heterocycles. The number of anilines is 2. The maximum atomic E-state index is 12.8. The first-order valence-electron chi connectivity index (χ1n) is 10.5. The fourth-order valence-electron chi connectivity index (χ4n) is 3.06. The van der Waals surface area contributed by atoms with Crippen LogP contribution in [0, 0.1) is 0 Å². The molecule has 178 valence electrons. The van der Waals surface area contributed by atoms with E-state index in [2.05, 4.69) is 30.6 Å². The Balaban J connectivity index is 1.43. The van der Waals surface area contributed by atoms with Crippen LogP contribution < -0.4 is 15.4 Å². The van der Waals surface area contributed by atoms with Crippen molar-refractivity contribution in [3.8, 4) is 23.0 Å². The number of nitrogens with zero attached hydrogens (tertiary/aromatic N) is 4. The lowest BCUT2D eigenvalue weighted by atomic mass is 10.2. The summed E-state index contributed by atoms with van der Waals surface area (Å²) in [6.45, 7) is 1.94. The van der Waals surface area contributed by atoms with E-state index in [1.54, 1.807) is 42.6 Å². The Hall–Kier alpha value is -4.54. The van der Waals surface area contributed by atoms with Crippen LogP contribution in [0.15, 0.2) is 73.2 Å². The van der Waals surface area contributed by atoms with Gasteiger partial charge in [-0.1, -0.05) is 13.0 Å². The van der Waals surface area contributed by atoms with Crippen molar-refractivity contribution in [1.29, 1.82) is 0 Å². The molecule has 0 saturated carbocycles. The molecule has 35 heavy (non-hydrogen) atoms. The van der Waals surface area contributed by atoms with E-state index in [1.807, 2.05) is 6.92 Å². The fraction of sp³-hybridized carbons (Fsp3) is 0.125. The van der Waals surface area contributed by atoms with Crippen molar-refractivity contribution in [2.45, 2.75) is 19.5 Å². The number of nitrogens with one attached hydrogen (secondary N) is 2. The summed E-state index contributed by atoms with van der Waals surface area (Å²) < 4.78 is 44.4. The Labute approximate surface area is 198 Å². The zero-order valence-electron chi connectivity index (χ0n) is 18.4. The number of aromatic nitrogens is 4. The van der Waals surface area contributed by atoms with Gasteiger partial charge in [0, 0.05) is 24.0 Å². The first-order chi connectivity index (χ1) is 16.8. The summed E-state index contributed by atoms with van der Waals surface area (Å²) in [5.74, 6) is 1.82. The quantitative estimate of drug-likeness (QED) is 0.354.